The molecule has 1 atom stereocenters. The smallest absolute Gasteiger partial charge is 0.418 e. The monoisotopic (exact) mass is 714 g/mol. The Morgan fingerprint density at radius 3 is 1.81 bits per heavy atom. The third-order valence-corrected chi connectivity index (χ3v) is 8.34. The predicted octanol–water partition coefficient (Wildman–Crippen LogP) is 7.41. The third-order valence-electron chi connectivity index (χ3n) is 8.34. The molecule has 1 aliphatic rings. The van der Waals surface area contributed by atoms with Gasteiger partial charge in [0.15, 0.2) is 11.6 Å². The van der Waals surface area contributed by atoms with Crippen LogP contribution in [0, 0.1) is 0 Å². The number of piperazine rings is 1. The molecule has 1 saturated heterocycles. The van der Waals surface area contributed by atoms with Crippen molar-refractivity contribution in [2.24, 2.45) is 0 Å². The average molecular weight is 715 g/mol. The van der Waals surface area contributed by atoms with Gasteiger partial charge in [0.05, 0.1) is 41.3 Å². The summed E-state index contributed by atoms with van der Waals surface area (Å²) in [5.41, 5.74) is 5.23. The molecule has 272 valence electrons. The molecular weight excluding hydrogens is 672 g/mol. The lowest BCUT2D eigenvalue weighted by atomic mass is 9.96. The minimum absolute atomic E-state index is 0.0427. The van der Waals surface area contributed by atoms with Gasteiger partial charge in [-0.2, -0.15) is 0 Å². The van der Waals surface area contributed by atoms with Crippen molar-refractivity contribution in [3.05, 3.63) is 114 Å². The van der Waals surface area contributed by atoms with Crippen LogP contribution in [0.1, 0.15) is 37.9 Å². The fraction of sp³-hybridized carbons (Fsp3) is 0.250. The van der Waals surface area contributed by atoms with E-state index in [2.05, 4.69) is 54.9 Å². The van der Waals surface area contributed by atoms with Gasteiger partial charge in [-0.15, -0.1) is 0 Å². The van der Waals surface area contributed by atoms with Crippen molar-refractivity contribution >= 4 is 45.8 Å². The molecule has 3 heterocycles. The second-order valence-corrected chi connectivity index (χ2v) is 11.8. The van der Waals surface area contributed by atoms with Crippen LogP contribution in [0.4, 0.5) is 21.2 Å². The van der Waals surface area contributed by atoms with Gasteiger partial charge in [0, 0.05) is 19.6 Å². The first kappa shape index (κ1) is 36.5. The van der Waals surface area contributed by atoms with Gasteiger partial charge < -0.3 is 24.4 Å². The van der Waals surface area contributed by atoms with Crippen molar-refractivity contribution < 1.29 is 23.8 Å². The van der Waals surface area contributed by atoms with Crippen LogP contribution in [0.15, 0.2) is 103 Å². The van der Waals surface area contributed by atoms with Crippen LogP contribution in [0.3, 0.4) is 0 Å². The van der Waals surface area contributed by atoms with Gasteiger partial charge in [-0.25, -0.2) is 29.5 Å². The molecule has 1 aliphatic heterocycles. The zero-order valence-corrected chi connectivity index (χ0v) is 29.9. The summed E-state index contributed by atoms with van der Waals surface area (Å²) in [5, 5.41) is 8.95. The number of ether oxygens (including phenoxy) is 3. The number of hydrogen-bond acceptors (Lipinski definition) is 10. The number of fused-ring (bicyclic) bond motifs is 2. The maximum atomic E-state index is 13.3. The Kier molecular flexibility index (Phi) is 12.2. The van der Waals surface area contributed by atoms with E-state index in [4.69, 9.17) is 14.2 Å². The summed E-state index contributed by atoms with van der Waals surface area (Å²) >= 11 is 0. The van der Waals surface area contributed by atoms with Crippen LogP contribution in [0.2, 0.25) is 0 Å². The van der Waals surface area contributed by atoms with Crippen molar-refractivity contribution in [1.82, 2.24) is 30.2 Å². The second-order valence-electron chi connectivity index (χ2n) is 11.8. The lowest BCUT2D eigenvalue weighted by molar-refractivity contribution is 0.170. The summed E-state index contributed by atoms with van der Waals surface area (Å²) in [7, 11) is 0. The van der Waals surface area contributed by atoms with E-state index in [1.165, 1.54) is 11.1 Å². The van der Waals surface area contributed by atoms with Crippen LogP contribution in [-0.2, 0) is 6.42 Å². The maximum Gasteiger partial charge on any atom is 0.418 e. The molecule has 3 N–H and O–H groups in total. The van der Waals surface area contributed by atoms with E-state index in [9.17, 15) is 9.59 Å². The van der Waals surface area contributed by atoms with Crippen LogP contribution in [0.25, 0.3) is 22.1 Å². The van der Waals surface area contributed by atoms with Gasteiger partial charge in [-0.05, 0) is 67.8 Å². The van der Waals surface area contributed by atoms with E-state index in [0.717, 1.165) is 18.5 Å². The van der Waals surface area contributed by atoms with Crippen molar-refractivity contribution in [2.45, 2.75) is 33.2 Å². The first-order valence-corrected chi connectivity index (χ1v) is 17.7. The Balaban J connectivity index is 0.000000188. The fourth-order valence-electron chi connectivity index (χ4n) is 5.90. The normalized spacial score (nSPS) is 13.8. The Morgan fingerprint density at radius 1 is 0.698 bits per heavy atom. The first-order chi connectivity index (χ1) is 26.0. The highest BCUT2D eigenvalue weighted by molar-refractivity contribution is 5.91. The van der Waals surface area contributed by atoms with Crippen molar-refractivity contribution in [2.75, 3.05) is 43.5 Å². The molecule has 0 radical (unpaired) electrons. The van der Waals surface area contributed by atoms with E-state index in [1.807, 2.05) is 85.5 Å². The maximum absolute atomic E-state index is 13.3. The van der Waals surface area contributed by atoms with E-state index in [1.54, 1.807) is 24.3 Å². The van der Waals surface area contributed by atoms with Crippen LogP contribution in [0.5, 0.6) is 17.5 Å². The molecule has 3 amide bonds. The average Bonchev–Trinajstić information content (AvgIpc) is 3.19. The number of carbonyl (C=O) groups excluding carboxylic acids is 2. The molecule has 4 aromatic carbocycles. The SMILES string of the molecule is CCOc1nc2ccccc2nc1NC(=O)N1CCNCC1c1ccccc1CC.CCOc1nc2ccccc2nc1NC(=O)Oc1ccccc1. The Bertz CT molecular complexity index is 2170. The second kappa shape index (κ2) is 17.7. The molecule has 13 heteroatoms. The van der Waals surface area contributed by atoms with Gasteiger partial charge in [0.2, 0.25) is 0 Å². The number of hydrogen-bond donors (Lipinski definition) is 3. The first-order valence-electron chi connectivity index (χ1n) is 17.7. The van der Waals surface area contributed by atoms with Crippen molar-refractivity contribution in [3.8, 4) is 17.5 Å². The summed E-state index contributed by atoms with van der Waals surface area (Å²) in [6, 6.07) is 31.8. The minimum Gasteiger partial charge on any atom is -0.475 e. The molecular formula is C40H42N8O5. The summed E-state index contributed by atoms with van der Waals surface area (Å²) in [6.07, 6.45) is 0.272. The zero-order valence-electron chi connectivity index (χ0n) is 29.9. The van der Waals surface area contributed by atoms with Crippen LogP contribution < -0.4 is 30.2 Å². The summed E-state index contributed by atoms with van der Waals surface area (Å²) < 4.78 is 16.3. The summed E-state index contributed by atoms with van der Waals surface area (Å²) in [5.74, 6) is 1.62. The number of nitrogens with zero attached hydrogens (tertiary/aromatic N) is 5. The number of amides is 3. The van der Waals surface area contributed by atoms with Crippen LogP contribution >= 0.6 is 0 Å². The highest BCUT2D eigenvalue weighted by atomic mass is 16.6. The van der Waals surface area contributed by atoms with Gasteiger partial charge in [0.25, 0.3) is 11.8 Å². The van der Waals surface area contributed by atoms with Gasteiger partial charge in [-0.1, -0.05) is 73.7 Å². The Labute approximate surface area is 307 Å². The standard InChI is InChI=1S/C23H27N5O2.C17H15N3O3/c1-3-16-9-5-6-10-17(16)20-15-24-13-14-28(20)23(29)27-21-22(30-4-2)26-19-12-8-7-11-18(19)25-21;1-2-22-16-15(18-13-10-6-7-11-14(13)19-16)20-17(21)23-12-8-4-3-5-9-12/h5-12,20,24H,3-4,13-15H2,1-2H3,(H,25,27,29);3-11H,2H2,1H3,(H,18,20,21). The molecule has 0 spiro atoms. The number of rotatable bonds is 9. The van der Waals surface area contributed by atoms with Crippen molar-refractivity contribution in [3.63, 3.8) is 0 Å². The number of carbonyl (C=O) groups is 2. The summed E-state index contributed by atoms with van der Waals surface area (Å²) in [6.45, 7) is 8.79. The molecule has 53 heavy (non-hydrogen) atoms. The van der Waals surface area contributed by atoms with E-state index in [0.29, 0.717) is 60.3 Å². The van der Waals surface area contributed by atoms with E-state index < -0.39 is 6.09 Å². The van der Waals surface area contributed by atoms with E-state index >= 15 is 0 Å². The van der Waals surface area contributed by atoms with Crippen LogP contribution in [-0.4, -0.2) is 69.8 Å². The quantitative estimate of drug-likeness (QED) is 0.138. The molecule has 2 aromatic heterocycles. The zero-order chi connectivity index (χ0) is 37.0. The lowest BCUT2D eigenvalue weighted by Crippen LogP contribution is -2.50. The Morgan fingerprint density at radius 2 is 1.23 bits per heavy atom. The molecule has 7 rings (SSSR count). The van der Waals surface area contributed by atoms with Gasteiger partial charge in [0.1, 0.15) is 5.75 Å². The molecule has 13 nitrogen and oxygen atoms in total. The largest absolute Gasteiger partial charge is 0.475 e. The number of anilines is 2. The highest BCUT2D eigenvalue weighted by Crippen LogP contribution is 2.29. The molecule has 1 fully saturated rings. The number of benzene rings is 4. The van der Waals surface area contributed by atoms with E-state index in [-0.39, 0.29) is 23.8 Å². The Hall–Kier alpha value is -6.34. The molecule has 0 aliphatic carbocycles. The fourth-order valence-corrected chi connectivity index (χ4v) is 5.90. The number of urea groups is 1. The van der Waals surface area contributed by atoms with Crippen molar-refractivity contribution in [1.29, 1.82) is 0 Å². The minimum atomic E-state index is -0.651. The number of aromatic nitrogens is 4. The molecule has 0 saturated carbocycles. The molecule has 1 unspecified atom stereocenters. The molecule has 6 aromatic rings. The lowest BCUT2D eigenvalue weighted by Gasteiger charge is -2.37. The van der Waals surface area contributed by atoms with Gasteiger partial charge >= 0.3 is 12.1 Å². The highest BCUT2D eigenvalue weighted by Gasteiger charge is 2.30. The molecule has 0 bridgehead atoms. The van der Waals surface area contributed by atoms with Gasteiger partial charge in [-0.3, -0.25) is 10.6 Å². The predicted molar refractivity (Wildman–Crippen MR) is 205 cm³/mol. The number of para-hydroxylation sites is 5. The third kappa shape index (κ3) is 9.13. The number of aryl methyl sites for hydroxylation is 1. The summed E-state index contributed by atoms with van der Waals surface area (Å²) in [4.78, 5) is 45.1. The topological polar surface area (TPSA) is 153 Å². The number of nitrogens with one attached hydrogen (secondary N) is 3.